The van der Waals surface area contributed by atoms with Crippen LogP contribution in [0.5, 0.6) is 0 Å². The highest BCUT2D eigenvalue weighted by Crippen LogP contribution is 2.42. The topological polar surface area (TPSA) is 34.2 Å². The second kappa shape index (κ2) is 14.3. The minimum atomic E-state index is 0.792. The Labute approximate surface area is 352 Å². The molecule has 0 spiro atoms. The van der Waals surface area contributed by atoms with Gasteiger partial charge in [-0.15, -0.1) is 0 Å². The lowest BCUT2D eigenvalue weighted by molar-refractivity contribution is 0.669. The number of anilines is 3. The highest BCUT2D eigenvalue weighted by atomic mass is 16.3. The number of rotatable bonds is 7. The van der Waals surface area contributed by atoms with Crippen LogP contribution in [0.3, 0.4) is 0 Å². The third-order valence-electron chi connectivity index (χ3n) is 12.0. The SMILES string of the molecule is c1ccc(-c2cccc(N(c3ccc(-c4cccc5c4oc4cccnc45)cc3)c3cccc(-c4cccc(-n5c6ccccc6c6c7ccccc7ccc65)c4)c3)c2)cc1. The molecule has 12 rings (SSSR count). The summed E-state index contributed by atoms with van der Waals surface area (Å²) < 4.78 is 8.79. The Morgan fingerprint density at radius 1 is 0.410 bits per heavy atom. The first-order valence-corrected chi connectivity index (χ1v) is 20.7. The molecule has 3 aromatic heterocycles. The number of hydrogen-bond acceptors (Lipinski definition) is 3. The molecule has 4 heteroatoms. The average Bonchev–Trinajstić information content (AvgIpc) is 3.89. The van der Waals surface area contributed by atoms with Gasteiger partial charge in [0.15, 0.2) is 5.58 Å². The minimum Gasteiger partial charge on any atom is -0.454 e. The van der Waals surface area contributed by atoms with E-state index in [1.54, 1.807) is 0 Å². The summed E-state index contributed by atoms with van der Waals surface area (Å²) in [6, 6.07) is 78.2. The highest BCUT2D eigenvalue weighted by Gasteiger charge is 2.19. The normalized spacial score (nSPS) is 11.6. The molecule has 0 unspecified atom stereocenters. The largest absolute Gasteiger partial charge is 0.454 e. The third kappa shape index (κ3) is 5.88. The van der Waals surface area contributed by atoms with E-state index >= 15 is 0 Å². The van der Waals surface area contributed by atoms with Gasteiger partial charge in [0.25, 0.3) is 0 Å². The zero-order valence-electron chi connectivity index (χ0n) is 33.1. The molecule has 286 valence electrons. The second-order valence-corrected chi connectivity index (χ2v) is 15.6. The summed E-state index contributed by atoms with van der Waals surface area (Å²) in [5.41, 5.74) is 16.0. The second-order valence-electron chi connectivity index (χ2n) is 15.6. The zero-order chi connectivity index (χ0) is 40.3. The third-order valence-corrected chi connectivity index (χ3v) is 12.0. The van der Waals surface area contributed by atoms with Crippen LogP contribution < -0.4 is 4.90 Å². The quantitative estimate of drug-likeness (QED) is 0.162. The van der Waals surface area contributed by atoms with Gasteiger partial charge in [-0.2, -0.15) is 0 Å². The van der Waals surface area contributed by atoms with E-state index in [1.807, 2.05) is 18.3 Å². The van der Waals surface area contributed by atoms with Gasteiger partial charge in [-0.25, -0.2) is 0 Å². The number of para-hydroxylation sites is 2. The van der Waals surface area contributed by atoms with Crippen LogP contribution in [0.2, 0.25) is 0 Å². The number of hydrogen-bond donors (Lipinski definition) is 0. The van der Waals surface area contributed by atoms with Crippen LogP contribution in [-0.4, -0.2) is 9.55 Å². The highest BCUT2D eigenvalue weighted by molar-refractivity contribution is 6.21. The molecule has 4 nitrogen and oxygen atoms in total. The van der Waals surface area contributed by atoms with Crippen molar-refractivity contribution in [1.82, 2.24) is 9.55 Å². The van der Waals surface area contributed by atoms with Crippen molar-refractivity contribution in [2.24, 2.45) is 0 Å². The van der Waals surface area contributed by atoms with Crippen LogP contribution in [0.15, 0.2) is 229 Å². The molecule has 61 heavy (non-hydrogen) atoms. The Kier molecular flexibility index (Phi) is 8.13. The predicted octanol–water partition coefficient (Wildman–Crippen LogP) is 15.7. The maximum atomic E-state index is 6.38. The van der Waals surface area contributed by atoms with E-state index in [4.69, 9.17) is 4.42 Å². The Balaban J connectivity index is 0.979. The first-order valence-electron chi connectivity index (χ1n) is 20.7. The number of fused-ring (bicyclic) bond motifs is 8. The lowest BCUT2D eigenvalue weighted by Gasteiger charge is -2.27. The summed E-state index contributed by atoms with van der Waals surface area (Å²) in [5, 5.41) is 6.08. The molecule has 0 aliphatic heterocycles. The molecule has 0 saturated carbocycles. The maximum absolute atomic E-state index is 6.38. The summed E-state index contributed by atoms with van der Waals surface area (Å²) in [5.74, 6) is 0. The fraction of sp³-hybridized carbons (Fsp3) is 0. The van der Waals surface area contributed by atoms with Crippen LogP contribution in [0, 0.1) is 0 Å². The number of benzene rings is 9. The van der Waals surface area contributed by atoms with Gasteiger partial charge in [-0.1, -0.05) is 140 Å². The van der Waals surface area contributed by atoms with Gasteiger partial charge in [0.2, 0.25) is 0 Å². The molecule has 0 bridgehead atoms. The number of nitrogens with zero attached hydrogens (tertiary/aromatic N) is 3. The molecule has 9 aromatic carbocycles. The van der Waals surface area contributed by atoms with Crippen LogP contribution in [0.1, 0.15) is 0 Å². The Bertz CT molecular complexity index is 3600. The van der Waals surface area contributed by atoms with E-state index in [9.17, 15) is 0 Å². The van der Waals surface area contributed by atoms with Crippen molar-refractivity contribution in [2.75, 3.05) is 4.90 Å². The van der Waals surface area contributed by atoms with Gasteiger partial charge >= 0.3 is 0 Å². The van der Waals surface area contributed by atoms with Gasteiger partial charge in [0.1, 0.15) is 11.1 Å². The maximum Gasteiger partial charge on any atom is 0.153 e. The lowest BCUT2D eigenvalue weighted by atomic mass is 10.0. The summed E-state index contributed by atoms with van der Waals surface area (Å²) >= 11 is 0. The Morgan fingerprint density at radius 2 is 1.07 bits per heavy atom. The number of pyridine rings is 1. The summed E-state index contributed by atoms with van der Waals surface area (Å²) in [7, 11) is 0. The Hall–Kier alpha value is -8.21. The van der Waals surface area contributed by atoms with Crippen molar-refractivity contribution in [1.29, 1.82) is 0 Å². The molecule has 12 aromatic rings. The number of aromatic nitrogens is 2. The molecule has 0 radical (unpaired) electrons. The first-order chi connectivity index (χ1) is 30.2. The molecule has 3 heterocycles. The monoisotopic (exact) mass is 779 g/mol. The van der Waals surface area contributed by atoms with Gasteiger partial charge in [-0.05, 0) is 117 Å². The van der Waals surface area contributed by atoms with Gasteiger partial charge in [-0.3, -0.25) is 4.98 Å². The fourth-order valence-corrected chi connectivity index (χ4v) is 9.20. The zero-order valence-corrected chi connectivity index (χ0v) is 33.1. The molecule has 0 aliphatic rings. The molecular formula is C57H37N3O. The van der Waals surface area contributed by atoms with E-state index in [2.05, 4.69) is 221 Å². The molecule has 0 amide bonds. The molecule has 0 atom stereocenters. The van der Waals surface area contributed by atoms with Crippen molar-refractivity contribution < 1.29 is 4.42 Å². The fourth-order valence-electron chi connectivity index (χ4n) is 9.20. The van der Waals surface area contributed by atoms with Gasteiger partial charge in [0, 0.05) is 50.7 Å². The van der Waals surface area contributed by atoms with Crippen molar-refractivity contribution >= 4 is 71.7 Å². The molecule has 0 fully saturated rings. The summed E-state index contributed by atoms with van der Waals surface area (Å²) in [6.07, 6.45) is 1.82. The van der Waals surface area contributed by atoms with E-state index in [0.29, 0.717) is 0 Å². The minimum absolute atomic E-state index is 0.792. The van der Waals surface area contributed by atoms with Crippen molar-refractivity contribution in [2.45, 2.75) is 0 Å². The standard InChI is InChI=1S/C57H37N3O/c1-2-13-38(14-3-1)41-16-8-19-45(35-41)59(44-31-28-40(29-32-44)49-24-11-25-51-56-54(61-57(49)51)27-12-34-58-56)46-20-9-17-42(36-46)43-18-10-21-47(37-43)60-52-26-7-6-23-50(52)55-48-22-5-4-15-39(48)30-33-53(55)60/h1-37H. The first kappa shape index (κ1) is 34.8. The number of furan rings is 1. The van der Waals surface area contributed by atoms with Crippen LogP contribution >= 0.6 is 0 Å². The van der Waals surface area contributed by atoms with Crippen molar-refractivity contribution in [3.05, 3.63) is 225 Å². The molecule has 0 aliphatic carbocycles. The van der Waals surface area contributed by atoms with E-state index in [0.717, 1.165) is 72.6 Å². The summed E-state index contributed by atoms with van der Waals surface area (Å²) in [4.78, 5) is 6.97. The van der Waals surface area contributed by atoms with E-state index in [-0.39, 0.29) is 0 Å². The summed E-state index contributed by atoms with van der Waals surface area (Å²) in [6.45, 7) is 0. The molecule has 0 saturated heterocycles. The predicted molar refractivity (Wildman–Crippen MR) is 254 cm³/mol. The van der Waals surface area contributed by atoms with Crippen LogP contribution in [-0.2, 0) is 0 Å². The molecule has 0 N–H and O–H groups in total. The molecular weight excluding hydrogens is 743 g/mol. The van der Waals surface area contributed by atoms with Gasteiger partial charge < -0.3 is 13.9 Å². The van der Waals surface area contributed by atoms with E-state index < -0.39 is 0 Å². The van der Waals surface area contributed by atoms with Crippen LogP contribution in [0.4, 0.5) is 17.1 Å². The van der Waals surface area contributed by atoms with Crippen molar-refractivity contribution in [3.63, 3.8) is 0 Å². The van der Waals surface area contributed by atoms with Crippen molar-refractivity contribution in [3.8, 4) is 39.1 Å². The van der Waals surface area contributed by atoms with Gasteiger partial charge in [0.05, 0.1) is 11.0 Å². The smallest absolute Gasteiger partial charge is 0.153 e. The lowest BCUT2D eigenvalue weighted by Crippen LogP contribution is -2.10. The Morgan fingerprint density at radius 3 is 1.89 bits per heavy atom. The average molecular weight is 780 g/mol. The van der Waals surface area contributed by atoms with E-state index in [1.165, 1.54) is 38.1 Å². The van der Waals surface area contributed by atoms with Crippen LogP contribution in [0.25, 0.3) is 93.7 Å².